The Bertz CT molecular complexity index is 1660. The number of thiazole rings is 1. The molecule has 1 atom stereocenters. The molecule has 4 aromatic rings. The number of allylic oxidation sites excluding steroid dienone is 1. The maximum Gasteiger partial charge on any atom is 0.271 e. The van der Waals surface area contributed by atoms with Crippen LogP contribution in [-0.4, -0.2) is 4.57 Å². The molecule has 0 radical (unpaired) electrons. The van der Waals surface area contributed by atoms with E-state index in [1.54, 1.807) is 12.1 Å². The van der Waals surface area contributed by atoms with Crippen LogP contribution in [0.3, 0.4) is 0 Å². The Balaban J connectivity index is 1.63. The van der Waals surface area contributed by atoms with E-state index in [0.29, 0.717) is 19.4 Å². The smallest absolute Gasteiger partial charge is 0.271 e. The molecule has 1 aromatic heterocycles. The normalized spacial score (nSPS) is 17.1. The highest BCUT2D eigenvalue weighted by Gasteiger charge is 2.32. The van der Waals surface area contributed by atoms with Gasteiger partial charge in [0.15, 0.2) is 4.80 Å². The Morgan fingerprint density at radius 2 is 1.82 bits per heavy atom. The minimum Gasteiger partial charge on any atom is -0.272 e. The van der Waals surface area contributed by atoms with Gasteiger partial charge in [-0.3, -0.25) is 9.36 Å². The van der Waals surface area contributed by atoms with E-state index in [1.165, 1.54) is 33.6 Å². The third-order valence-electron chi connectivity index (χ3n) is 6.52. The minimum atomic E-state index is -0.178. The van der Waals surface area contributed by atoms with Crippen molar-refractivity contribution in [2.24, 2.45) is 4.99 Å². The maximum atomic E-state index is 13.8. The third kappa shape index (κ3) is 3.58. The van der Waals surface area contributed by atoms with E-state index in [0.717, 1.165) is 29.7 Å². The molecular formula is C28H20Cl2N2OS. The molecule has 1 unspecified atom stereocenters. The van der Waals surface area contributed by atoms with Gasteiger partial charge in [-0.15, -0.1) is 0 Å². The fourth-order valence-corrected chi connectivity index (χ4v) is 6.29. The fourth-order valence-electron chi connectivity index (χ4n) is 4.83. The highest BCUT2D eigenvalue weighted by atomic mass is 35.5. The summed E-state index contributed by atoms with van der Waals surface area (Å²) in [6.45, 7) is 2.08. The van der Waals surface area contributed by atoms with Crippen molar-refractivity contribution in [3.63, 3.8) is 0 Å². The maximum absolute atomic E-state index is 13.8. The third-order valence-corrected chi connectivity index (χ3v) is 8.06. The van der Waals surface area contributed by atoms with Crippen LogP contribution in [0.4, 0.5) is 0 Å². The van der Waals surface area contributed by atoms with Gasteiger partial charge in [-0.05, 0) is 60.2 Å². The first-order valence-corrected chi connectivity index (χ1v) is 12.7. The molecule has 1 aliphatic heterocycles. The highest BCUT2D eigenvalue weighted by Crippen LogP contribution is 2.41. The molecule has 6 rings (SSSR count). The number of hydrogen-bond acceptors (Lipinski definition) is 3. The van der Waals surface area contributed by atoms with Crippen molar-refractivity contribution >= 4 is 46.3 Å². The molecule has 34 heavy (non-hydrogen) atoms. The molecule has 3 nitrogen and oxygen atoms in total. The zero-order valence-electron chi connectivity index (χ0n) is 18.4. The van der Waals surface area contributed by atoms with Crippen molar-refractivity contribution in [2.45, 2.75) is 25.8 Å². The molecule has 2 heterocycles. The highest BCUT2D eigenvalue weighted by molar-refractivity contribution is 7.07. The molecule has 3 aromatic carbocycles. The van der Waals surface area contributed by atoms with E-state index >= 15 is 0 Å². The Labute approximate surface area is 210 Å². The van der Waals surface area contributed by atoms with Crippen molar-refractivity contribution in [3.8, 4) is 0 Å². The van der Waals surface area contributed by atoms with E-state index in [2.05, 4.69) is 55.5 Å². The van der Waals surface area contributed by atoms with Crippen LogP contribution < -0.4 is 14.9 Å². The second-order valence-electron chi connectivity index (χ2n) is 8.69. The lowest BCUT2D eigenvalue weighted by Gasteiger charge is -2.30. The van der Waals surface area contributed by atoms with Gasteiger partial charge >= 0.3 is 0 Å². The van der Waals surface area contributed by atoms with Crippen molar-refractivity contribution in [1.29, 1.82) is 0 Å². The van der Waals surface area contributed by atoms with Crippen molar-refractivity contribution in [1.82, 2.24) is 4.57 Å². The Hall–Kier alpha value is -2.92. The van der Waals surface area contributed by atoms with Crippen LogP contribution in [0, 0.1) is 6.92 Å². The minimum absolute atomic E-state index is 0.0502. The van der Waals surface area contributed by atoms with Gasteiger partial charge in [-0.2, -0.15) is 0 Å². The van der Waals surface area contributed by atoms with Crippen LogP contribution >= 0.6 is 34.5 Å². The number of rotatable bonds is 2. The van der Waals surface area contributed by atoms with Gasteiger partial charge in [-0.1, -0.05) is 94.7 Å². The van der Waals surface area contributed by atoms with Crippen LogP contribution in [0.5, 0.6) is 0 Å². The summed E-state index contributed by atoms with van der Waals surface area (Å²) in [6, 6.07) is 22.0. The molecule has 0 fully saturated rings. The number of nitrogens with zero attached hydrogens (tertiary/aromatic N) is 2. The summed E-state index contributed by atoms with van der Waals surface area (Å²) in [7, 11) is 0. The summed E-state index contributed by atoms with van der Waals surface area (Å²) in [6.07, 6.45) is 3.66. The number of hydrogen-bond donors (Lipinski definition) is 0. The molecule has 1 aliphatic carbocycles. The van der Waals surface area contributed by atoms with E-state index in [-0.39, 0.29) is 11.6 Å². The summed E-state index contributed by atoms with van der Waals surface area (Å²) in [4.78, 5) is 19.5. The van der Waals surface area contributed by atoms with E-state index in [1.807, 2.05) is 16.7 Å². The van der Waals surface area contributed by atoms with Crippen molar-refractivity contribution in [3.05, 3.63) is 130 Å². The van der Waals surface area contributed by atoms with Gasteiger partial charge in [0.2, 0.25) is 0 Å². The monoisotopic (exact) mass is 502 g/mol. The van der Waals surface area contributed by atoms with Crippen LogP contribution in [0.2, 0.25) is 10.0 Å². The molecule has 0 bridgehead atoms. The number of aryl methyl sites for hydroxylation is 2. The second-order valence-corrected chi connectivity index (χ2v) is 10.5. The van der Waals surface area contributed by atoms with Crippen LogP contribution in [-0.2, 0) is 6.42 Å². The number of halogens is 2. The van der Waals surface area contributed by atoms with Crippen molar-refractivity contribution in [2.75, 3.05) is 0 Å². The van der Waals surface area contributed by atoms with E-state index < -0.39 is 0 Å². The predicted octanol–water partition coefficient (Wildman–Crippen LogP) is 5.93. The number of benzene rings is 3. The van der Waals surface area contributed by atoms with E-state index in [9.17, 15) is 4.79 Å². The summed E-state index contributed by atoms with van der Waals surface area (Å²) < 4.78 is 2.46. The molecule has 168 valence electrons. The summed E-state index contributed by atoms with van der Waals surface area (Å²) in [5, 5.41) is 1.08. The summed E-state index contributed by atoms with van der Waals surface area (Å²) >= 11 is 13.9. The lowest BCUT2D eigenvalue weighted by Crippen LogP contribution is -2.38. The first kappa shape index (κ1) is 21.6. The molecule has 0 spiro atoms. The first-order chi connectivity index (χ1) is 16.5. The standard InChI is InChI=1S/C28H20Cl2N2OS/c1-16-6-8-18(9-7-16)26-22-13-11-17-4-2-3-5-21(17)25(22)31-28-32(26)27(33)24(34-28)14-19-10-12-20(29)15-23(19)30/h2-10,12,14-15,26H,11,13H2,1H3. The van der Waals surface area contributed by atoms with Gasteiger partial charge in [0, 0.05) is 15.6 Å². The van der Waals surface area contributed by atoms with Gasteiger partial charge in [-0.25, -0.2) is 4.99 Å². The zero-order chi connectivity index (χ0) is 23.4. The Morgan fingerprint density at radius 1 is 1.03 bits per heavy atom. The van der Waals surface area contributed by atoms with Crippen LogP contribution in [0.1, 0.15) is 40.3 Å². The fraction of sp³-hybridized carbons (Fsp3) is 0.143. The van der Waals surface area contributed by atoms with Gasteiger partial charge < -0.3 is 0 Å². The van der Waals surface area contributed by atoms with Gasteiger partial charge in [0.25, 0.3) is 5.56 Å². The molecule has 2 aliphatic rings. The average molecular weight is 503 g/mol. The Morgan fingerprint density at radius 3 is 2.62 bits per heavy atom. The first-order valence-electron chi connectivity index (χ1n) is 11.1. The lowest BCUT2D eigenvalue weighted by atomic mass is 9.83. The molecule has 0 saturated heterocycles. The number of aromatic nitrogens is 1. The van der Waals surface area contributed by atoms with E-state index in [4.69, 9.17) is 28.2 Å². The predicted molar refractivity (Wildman–Crippen MR) is 140 cm³/mol. The van der Waals surface area contributed by atoms with Crippen LogP contribution in [0.15, 0.2) is 82.1 Å². The molecule has 0 saturated carbocycles. The quantitative estimate of drug-likeness (QED) is 0.334. The SMILES string of the molecule is Cc1ccc(C2C3=C(N=c4sc(=Cc5ccc(Cl)cc5Cl)c(=O)n42)c2ccccc2CC3)cc1. The van der Waals surface area contributed by atoms with Gasteiger partial charge in [0.1, 0.15) is 0 Å². The molecule has 6 heteroatoms. The molecule has 0 N–H and O–H groups in total. The second kappa shape index (κ2) is 8.38. The summed E-state index contributed by atoms with van der Waals surface area (Å²) in [5.74, 6) is 0. The van der Waals surface area contributed by atoms with Crippen LogP contribution in [0.25, 0.3) is 11.8 Å². The molecule has 0 amide bonds. The lowest BCUT2D eigenvalue weighted by molar-refractivity contribution is 0.585. The van der Waals surface area contributed by atoms with Crippen molar-refractivity contribution < 1.29 is 0 Å². The van der Waals surface area contributed by atoms with Gasteiger partial charge in [0.05, 0.1) is 16.3 Å². The largest absolute Gasteiger partial charge is 0.272 e. The Kier molecular flexibility index (Phi) is 5.33. The average Bonchev–Trinajstić information content (AvgIpc) is 3.15. The summed E-state index contributed by atoms with van der Waals surface area (Å²) in [5.41, 5.74) is 7.68. The molecular weight excluding hydrogens is 483 g/mol. The topological polar surface area (TPSA) is 34.4 Å². The zero-order valence-corrected chi connectivity index (χ0v) is 20.7. The number of fused-ring (bicyclic) bond motifs is 3.